The molecule has 0 spiro atoms. The molecule has 0 bridgehead atoms. The molecule has 0 saturated carbocycles. The second-order valence-corrected chi connectivity index (χ2v) is 3.54. The van der Waals surface area contributed by atoms with Gasteiger partial charge in [-0.05, 0) is 32.0 Å². The Hall–Kier alpha value is -2.04. The van der Waals surface area contributed by atoms with Gasteiger partial charge in [-0.1, -0.05) is 0 Å². The minimum atomic E-state index is -0.735. The van der Waals surface area contributed by atoms with Crippen molar-refractivity contribution in [2.24, 2.45) is 0 Å². The Morgan fingerprint density at radius 1 is 1.39 bits per heavy atom. The molecule has 0 amide bonds. The Kier molecular flexibility index (Phi) is 5.17. The van der Waals surface area contributed by atoms with E-state index in [1.807, 2.05) is 0 Å². The first-order chi connectivity index (χ1) is 8.62. The molecule has 18 heavy (non-hydrogen) atoms. The second kappa shape index (κ2) is 6.64. The summed E-state index contributed by atoms with van der Waals surface area (Å²) in [5.74, 6) is 0.346. The monoisotopic (exact) mass is 252 g/mol. The van der Waals surface area contributed by atoms with E-state index >= 15 is 0 Å². The van der Waals surface area contributed by atoms with Gasteiger partial charge < -0.3 is 14.2 Å². The van der Waals surface area contributed by atoms with Crippen LogP contribution in [0, 0.1) is 0 Å². The number of aldehydes is 1. The summed E-state index contributed by atoms with van der Waals surface area (Å²) in [5, 5.41) is 0. The topological polar surface area (TPSA) is 61.8 Å². The predicted octanol–water partition coefficient (Wildman–Crippen LogP) is 1.84. The normalized spacial score (nSPS) is 11.5. The Labute approximate surface area is 106 Å². The molecule has 0 aliphatic heterocycles. The standard InChI is InChI=1S/C13H16O5/c1-4-17-13(15)9(2)18-11-6-5-10(8-14)7-12(11)16-3/h5-9H,4H2,1-3H3/t9-/m0/s1. The Morgan fingerprint density at radius 2 is 2.11 bits per heavy atom. The number of carbonyl (C=O) groups excluding carboxylic acids is 2. The molecule has 5 nitrogen and oxygen atoms in total. The fourth-order valence-electron chi connectivity index (χ4n) is 1.35. The van der Waals surface area contributed by atoms with Gasteiger partial charge in [0, 0.05) is 5.56 Å². The lowest BCUT2D eigenvalue weighted by molar-refractivity contribution is -0.150. The number of methoxy groups -OCH3 is 1. The van der Waals surface area contributed by atoms with Crippen molar-refractivity contribution in [1.29, 1.82) is 0 Å². The number of benzene rings is 1. The lowest BCUT2D eigenvalue weighted by atomic mass is 10.2. The number of hydrogen-bond donors (Lipinski definition) is 0. The first-order valence-corrected chi connectivity index (χ1v) is 5.58. The van der Waals surface area contributed by atoms with E-state index in [1.165, 1.54) is 7.11 Å². The summed E-state index contributed by atoms with van der Waals surface area (Å²) in [4.78, 5) is 22.1. The third kappa shape index (κ3) is 3.48. The Morgan fingerprint density at radius 3 is 2.67 bits per heavy atom. The minimum Gasteiger partial charge on any atom is -0.493 e. The summed E-state index contributed by atoms with van der Waals surface area (Å²) in [5.41, 5.74) is 0.475. The number of hydrogen-bond acceptors (Lipinski definition) is 5. The fourth-order valence-corrected chi connectivity index (χ4v) is 1.35. The molecule has 5 heteroatoms. The Balaban J connectivity index is 2.83. The summed E-state index contributed by atoms with van der Waals surface area (Å²) in [7, 11) is 1.46. The van der Waals surface area contributed by atoms with E-state index in [9.17, 15) is 9.59 Å². The highest BCUT2D eigenvalue weighted by atomic mass is 16.6. The van der Waals surface area contributed by atoms with E-state index in [-0.39, 0.29) is 0 Å². The van der Waals surface area contributed by atoms with Crippen molar-refractivity contribution < 1.29 is 23.8 Å². The SMILES string of the molecule is CCOC(=O)[C@H](C)Oc1ccc(C=O)cc1OC. The van der Waals surface area contributed by atoms with Crippen LogP contribution >= 0.6 is 0 Å². The highest BCUT2D eigenvalue weighted by Gasteiger charge is 2.17. The molecule has 0 aliphatic carbocycles. The first kappa shape index (κ1) is 14.0. The summed E-state index contributed by atoms with van der Waals surface area (Å²) >= 11 is 0. The molecule has 0 heterocycles. The molecule has 1 atom stereocenters. The molecular weight excluding hydrogens is 236 g/mol. The predicted molar refractivity (Wildman–Crippen MR) is 65.1 cm³/mol. The summed E-state index contributed by atoms with van der Waals surface area (Å²) < 4.78 is 15.4. The van der Waals surface area contributed by atoms with Crippen molar-refractivity contribution >= 4 is 12.3 Å². The third-order valence-electron chi connectivity index (χ3n) is 2.25. The number of rotatable bonds is 6. The van der Waals surface area contributed by atoms with E-state index in [0.29, 0.717) is 30.0 Å². The van der Waals surface area contributed by atoms with Crippen LogP contribution in [-0.4, -0.2) is 32.1 Å². The van der Waals surface area contributed by atoms with Crippen LogP contribution < -0.4 is 9.47 Å². The van der Waals surface area contributed by atoms with Gasteiger partial charge in [-0.2, -0.15) is 0 Å². The van der Waals surface area contributed by atoms with Gasteiger partial charge in [0.1, 0.15) is 6.29 Å². The van der Waals surface area contributed by atoms with Crippen LogP contribution in [0.3, 0.4) is 0 Å². The average molecular weight is 252 g/mol. The lowest BCUT2D eigenvalue weighted by Crippen LogP contribution is -2.26. The van der Waals surface area contributed by atoms with Gasteiger partial charge in [-0.15, -0.1) is 0 Å². The van der Waals surface area contributed by atoms with Gasteiger partial charge in [0.05, 0.1) is 13.7 Å². The van der Waals surface area contributed by atoms with Crippen LogP contribution in [0.15, 0.2) is 18.2 Å². The van der Waals surface area contributed by atoms with E-state index in [4.69, 9.17) is 14.2 Å². The maximum Gasteiger partial charge on any atom is 0.347 e. The highest BCUT2D eigenvalue weighted by molar-refractivity contribution is 5.77. The van der Waals surface area contributed by atoms with E-state index in [1.54, 1.807) is 32.0 Å². The van der Waals surface area contributed by atoms with Crippen molar-refractivity contribution in [3.63, 3.8) is 0 Å². The van der Waals surface area contributed by atoms with Gasteiger partial charge in [0.25, 0.3) is 0 Å². The molecule has 1 aromatic rings. The summed E-state index contributed by atoms with van der Waals surface area (Å²) in [6, 6.07) is 4.71. The number of esters is 1. The smallest absolute Gasteiger partial charge is 0.347 e. The van der Waals surface area contributed by atoms with Crippen molar-refractivity contribution in [3.8, 4) is 11.5 Å². The molecule has 1 aromatic carbocycles. The number of ether oxygens (including phenoxy) is 3. The van der Waals surface area contributed by atoms with Crippen LogP contribution in [0.25, 0.3) is 0 Å². The maximum atomic E-state index is 11.4. The summed E-state index contributed by atoms with van der Waals surface area (Å²) in [6.45, 7) is 3.61. The van der Waals surface area contributed by atoms with Crippen molar-refractivity contribution in [2.75, 3.05) is 13.7 Å². The van der Waals surface area contributed by atoms with E-state index < -0.39 is 12.1 Å². The zero-order chi connectivity index (χ0) is 13.5. The molecule has 1 rings (SSSR count). The lowest BCUT2D eigenvalue weighted by Gasteiger charge is -2.15. The zero-order valence-electron chi connectivity index (χ0n) is 10.6. The van der Waals surface area contributed by atoms with Crippen LogP contribution in [0.4, 0.5) is 0 Å². The quantitative estimate of drug-likeness (QED) is 0.571. The minimum absolute atomic E-state index is 0.299. The summed E-state index contributed by atoms with van der Waals surface area (Å²) in [6.07, 6.45) is -0.0258. The van der Waals surface area contributed by atoms with Crippen molar-refractivity contribution in [2.45, 2.75) is 20.0 Å². The van der Waals surface area contributed by atoms with Gasteiger partial charge in [0.15, 0.2) is 17.6 Å². The molecule has 0 aromatic heterocycles. The third-order valence-corrected chi connectivity index (χ3v) is 2.25. The molecule has 0 unspecified atom stereocenters. The molecule has 0 fully saturated rings. The van der Waals surface area contributed by atoms with Gasteiger partial charge in [-0.3, -0.25) is 4.79 Å². The Bertz CT molecular complexity index is 427. The van der Waals surface area contributed by atoms with Crippen LogP contribution in [-0.2, 0) is 9.53 Å². The van der Waals surface area contributed by atoms with Crippen LogP contribution in [0.2, 0.25) is 0 Å². The van der Waals surface area contributed by atoms with Gasteiger partial charge in [-0.25, -0.2) is 4.79 Å². The first-order valence-electron chi connectivity index (χ1n) is 5.58. The molecule has 0 N–H and O–H groups in total. The second-order valence-electron chi connectivity index (χ2n) is 3.54. The molecule has 0 saturated heterocycles. The molecular formula is C13H16O5. The largest absolute Gasteiger partial charge is 0.493 e. The van der Waals surface area contributed by atoms with Crippen LogP contribution in [0.1, 0.15) is 24.2 Å². The van der Waals surface area contributed by atoms with Crippen LogP contribution in [0.5, 0.6) is 11.5 Å². The van der Waals surface area contributed by atoms with Gasteiger partial charge in [0.2, 0.25) is 0 Å². The molecule has 0 aliphatic rings. The maximum absolute atomic E-state index is 11.4. The zero-order valence-corrected chi connectivity index (χ0v) is 10.6. The average Bonchev–Trinajstić information content (AvgIpc) is 2.39. The van der Waals surface area contributed by atoms with E-state index in [2.05, 4.69) is 0 Å². The van der Waals surface area contributed by atoms with E-state index in [0.717, 1.165) is 0 Å². The molecule has 98 valence electrons. The van der Waals surface area contributed by atoms with Crippen molar-refractivity contribution in [3.05, 3.63) is 23.8 Å². The van der Waals surface area contributed by atoms with Crippen molar-refractivity contribution in [1.82, 2.24) is 0 Å². The molecule has 0 radical (unpaired) electrons. The van der Waals surface area contributed by atoms with Gasteiger partial charge >= 0.3 is 5.97 Å². The fraction of sp³-hybridized carbons (Fsp3) is 0.385. The number of carbonyl (C=O) groups is 2. The highest BCUT2D eigenvalue weighted by Crippen LogP contribution is 2.28.